The maximum atomic E-state index is 14.5. The Hall–Kier alpha value is -2.51. The van der Waals surface area contributed by atoms with Crippen molar-refractivity contribution >= 4 is 44.2 Å². The van der Waals surface area contributed by atoms with Crippen LogP contribution < -0.4 is 9.47 Å². The van der Waals surface area contributed by atoms with Crippen molar-refractivity contribution in [2.24, 2.45) is 0 Å². The molecule has 8 heteroatoms. The third-order valence-corrected chi connectivity index (χ3v) is 5.53. The van der Waals surface area contributed by atoms with Gasteiger partial charge in [0.2, 0.25) is 5.88 Å². The molecule has 4 rings (SSSR count). The van der Waals surface area contributed by atoms with Crippen molar-refractivity contribution < 1.29 is 13.9 Å². The van der Waals surface area contributed by atoms with Gasteiger partial charge >= 0.3 is 0 Å². The van der Waals surface area contributed by atoms with E-state index < -0.39 is 5.82 Å². The van der Waals surface area contributed by atoms with Crippen LogP contribution in [-0.2, 0) is 0 Å². The van der Waals surface area contributed by atoms with Crippen LogP contribution in [0.4, 0.5) is 4.39 Å². The molecule has 0 fully saturated rings. The molecule has 0 N–H and O–H groups in total. The molecule has 2 heterocycles. The first kappa shape index (κ1) is 18.8. The van der Waals surface area contributed by atoms with Crippen LogP contribution in [-0.4, -0.2) is 28.7 Å². The minimum Gasteiger partial charge on any atom is -0.490 e. The van der Waals surface area contributed by atoms with E-state index in [1.54, 1.807) is 25.8 Å². The molecule has 0 spiro atoms. The summed E-state index contributed by atoms with van der Waals surface area (Å²) in [5.41, 5.74) is 3.62. The molecule has 2 aromatic heterocycles. The second-order valence-corrected chi connectivity index (χ2v) is 7.59. The van der Waals surface area contributed by atoms with Crippen molar-refractivity contribution in [2.75, 3.05) is 13.7 Å². The molecule has 0 aliphatic heterocycles. The van der Waals surface area contributed by atoms with Crippen molar-refractivity contribution in [3.63, 3.8) is 0 Å². The van der Waals surface area contributed by atoms with Gasteiger partial charge in [-0.15, -0.1) is 11.3 Å². The van der Waals surface area contributed by atoms with Gasteiger partial charge in [-0.2, -0.15) is 0 Å². The normalized spacial score (nSPS) is 11.3. The fourth-order valence-electron chi connectivity index (χ4n) is 2.88. The summed E-state index contributed by atoms with van der Waals surface area (Å²) in [5.74, 6) is -0.0519. The van der Waals surface area contributed by atoms with Crippen molar-refractivity contribution in [2.45, 2.75) is 13.8 Å². The summed E-state index contributed by atoms with van der Waals surface area (Å²) in [7, 11) is 1.55. The minimum atomic E-state index is -0.605. The van der Waals surface area contributed by atoms with Gasteiger partial charge in [0.15, 0.2) is 11.6 Å². The first-order valence-electron chi connectivity index (χ1n) is 8.52. The molecule has 0 unspecified atom stereocenters. The lowest BCUT2D eigenvalue weighted by Gasteiger charge is -2.06. The van der Waals surface area contributed by atoms with Gasteiger partial charge in [0.25, 0.3) is 0 Å². The van der Waals surface area contributed by atoms with Gasteiger partial charge in [-0.1, -0.05) is 18.5 Å². The fourth-order valence-corrected chi connectivity index (χ4v) is 4.20. The number of nitrogens with zero attached hydrogens (tertiary/aromatic N) is 3. The predicted molar refractivity (Wildman–Crippen MR) is 110 cm³/mol. The van der Waals surface area contributed by atoms with Crippen molar-refractivity contribution in [3.8, 4) is 22.2 Å². The Labute approximate surface area is 170 Å². The number of thiazole rings is 1. The number of ether oxygens (including phenoxy) is 2. The number of hydrogen-bond donors (Lipinski definition) is 0. The number of fused-ring (bicyclic) bond motifs is 2. The highest BCUT2D eigenvalue weighted by molar-refractivity contribution is 7.21. The number of benzene rings is 2. The summed E-state index contributed by atoms with van der Waals surface area (Å²) in [6.07, 6.45) is 3.36. The molecule has 2 aromatic carbocycles. The average Bonchev–Trinajstić information content (AvgIpc) is 3.12. The lowest BCUT2D eigenvalue weighted by Crippen LogP contribution is -1.98. The van der Waals surface area contributed by atoms with E-state index in [0.29, 0.717) is 34.0 Å². The number of aromatic nitrogens is 3. The van der Waals surface area contributed by atoms with Crippen LogP contribution in [0.15, 0.2) is 24.4 Å². The van der Waals surface area contributed by atoms with Crippen molar-refractivity contribution in [3.05, 3.63) is 47.2 Å². The van der Waals surface area contributed by atoms with Gasteiger partial charge in [0, 0.05) is 11.6 Å². The standard InChI is InChI=1S/C20H16ClFN3O2S/c1-4-5-27-13-8-14-19(16(21)17(13)22)25-20(28-14)11-6-10(2)7-12-18(11)23-9-15(24-12)26-3/h4,6-9H,5H2,1-3H3. The van der Waals surface area contributed by atoms with E-state index in [1.807, 2.05) is 26.0 Å². The molecule has 0 amide bonds. The quantitative estimate of drug-likeness (QED) is 0.422. The zero-order valence-corrected chi connectivity index (χ0v) is 17.0. The first-order chi connectivity index (χ1) is 13.5. The van der Waals surface area contributed by atoms with E-state index in [1.165, 1.54) is 11.3 Å². The Balaban J connectivity index is 1.91. The number of rotatable bonds is 5. The molecule has 5 nitrogen and oxygen atoms in total. The molecule has 0 saturated carbocycles. The van der Waals surface area contributed by atoms with Crippen LogP contribution in [0.25, 0.3) is 31.8 Å². The van der Waals surface area contributed by atoms with Crippen LogP contribution >= 0.6 is 22.9 Å². The van der Waals surface area contributed by atoms with Crippen LogP contribution in [0.2, 0.25) is 5.02 Å². The van der Waals surface area contributed by atoms with Gasteiger partial charge in [0.05, 0.1) is 35.6 Å². The zero-order chi connectivity index (χ0) is 19.8. The highest BCUT2D eigenvalue weighted by atomic mass is 35.5. The van der Waals surface area contributed by atoms with Gasteiger partial charge in [-0.3, -0.25) is 0 Å². The van der Waals surface area contributed by atoms with Crippen LogP contribution in [0.3, 0.4) is 0 Å². The van der Waals surface area contributed by atoms with Gasteiger partial charge in [-0.25, -0.2) is 19.3 Å². The zero-order valence-electron chi connectivity index (χ0n) is 15.4. The maximum absolute atomic E-state index is 14.5. The summed E-state index contributed by atoms with van der Waals surface area (Å²) in [6.45, 7) is 4.10. The Bertz CT molecular complexity index is 1200. The number of methoxy groups -OCH3 is 1. The molecule has 28 heavy (non-hydrogen) atoms. The number of halogens is 2. The maximum Gasteiger partial charge on any atom is 0.232 e. The van der Waals surface area contributed by atoms with Crippen molar-refractivity contribution in [1.82, 2.24) is 15.0 Å². The smallest absolute Gasteiger partial charge is 0.232 e. The molecular weight excluding hydrogens is 401 g/mol. The average molecular weight is 417 g/mol. The molecule has 1 radical (unpaired) electrons. The van der Waals surface area contributed by atoms with Gasteiger partial charge in [0.1, 0.15) is 15.5 Å². The van der Waals surface area contributed by atoms with E-state index >= 15 is 0 Å². The number of aryl methyl sites for hydroxylation is 1. The molecule has 0 atom stereocenters. The molecule has 0 bridgehead atoms. The first-order valence-corrected chi connectivity index (χ1v) is 9.72. The van der Waals surface area contributed by atoms with Gasteiger partial charge < -0.3 is 9.47 Å². The summed E-state index contributed by atoms with van der Waals surface area (Å²) in [5, 5.41) is 0.638. The molecule has 143 valence electrons. The van der Waals surface area contributed by atoms with Crippen LogP contribution in [0.1, 0.15) is 12.5 Å². The van der Waals surface area contributed by atoms with E-state index in [2.05, 4.69) is 15.0 Å². The Morgan fingerprint density at radius 1 is 1.21 bits per heavy atom. The highest BCUT2D eigenvalue weighted by Gasteiger charge is 2.19. The molecule has 0 aliphatic carbocycles. The third-order valence-electron chi connectivity index (χ3n) is 4.15. The van der Waals surface area contributed by atoms with Gasteiger partial charge in [-0.05, 0) is 31.0 Å². The van der Waals surface area contributed by atoms with Crippen LogP contribution in [0, 0.1) is 19.2 Å². The highest BCUT2D eigenvalue weighted by Crippen LogP contribution is 2.40. The minimum absolute atomic E-state index is 0.0455. The lowest BCUT2D eigenvalue weighted by atomic mass is 10.1. The summed E-state index contributed by atoms with van der Waals surface area (Å²) < 4.78 is 25.9. The lowest BCUT2D eigenvalue weighted by molar-refractivity contribution is 0.331. The predicted octanol–water partition coefficient (Wildman–Crippen LogP) is 5.62. The topological polar surface area (TPSA) is 57.1 Å². The SMILES string of the molecule is C[CH]COc1cc2sc(-c3cc(C)cc4nc(OC)cnc34)nc2c(Cl)c1F. The van der Waals surface area contributed by atoms with E-state index in [9.17, 15) is 4.39 Å². The monoisotopic (exact) mass is 416 g/mol. The summed E-state index contributed by atoms with van der Waals surface area (Å²) in [4.78, 5) is 13.5. The fraction of sp³-hybridized carbons (Fsp3) is 0.200. The second kappa shape index (κ2) is 7.48. The molecule has 4 aromatic rings. The summed E-state index contributed by atoms with van der Waals surface area (Å²) in [6, 6.07) is 5.55. The number of hydrogen-bond acceptors (Lipinski definition) is 6. The molecule has 0 aliphatic rings. The van der Waals surface area contributed by atoms with E-state index in [-0.39, 0.29) is 10.8 Å². The largest absolute Gasteiger partial charge is 0.490 e. The molecular formula is C20H16ClFN3O2S. The van der Waals surface area contributed by atoms with Crippen molar-refractivity contribution in [1.29, 1.82) is 0 Å². The summed E-state index contributed by atoms with van der Waals surface area (Å²) >= 11 is 7.64. The third kappa shape index (κ3) is 3.25. The Kier molecular flexibility index (Phi) is 5.03. The molecule has 0 saturated heterocycles. The second-order valence-electron chi connectivity index (χ2n) is 6.18. The Morgan fingerprint density at radius 2 is 2.04 bits per heavy atom. The van der Waals surface area contributed by atoms with E-state index in [4.69, 9.17) is 21.1 Å². The van der Waals surface area contributed by atoms with E-state index in [0.717, 1.165) is 15.8 Å². The Morgan fingerprint density at radius 3 is 2.79 bits per heavy atom. The van der Waals surface area contributed by atoms with Crippen LogP contribution in [0.5, 0.6) is 11.6 Å².